The van der Waals surface area contributed by atoms with Crippen molar-refractivity contribution in [3.63, 3.8) is 0 Å². The van der Waals surface area contributed by atoms with Gasteiger partial charge in [0, 0.05) is 31.2 Å². The maximum atomic E-state index is 13.4. The Balaban J connectivity index is 1.57. The minimum absolute atomic E-state index is 0.0942. The fraction of sp³-hybridized carbons (Fsp3) is 0.435. The Labute approximate surface area is 179 Å². The van der Waals surface area contributed by atoms with Crippen molar-refractivity contribution in [2.45, 2.75) is 36.6 Å². The van der Waals surface area contributed by atoms with Crippen molar-refractivity contribution in [3.05, 3.63) is 59.7 Å². The van der Waals surface area contributed by atoms with Crippen molar-refractivity contribution in [1.82, 2.24) is 9.80 Å². The van der Waals surface area contributed by atoms with E-state index in [4.69, 9.17) is 0 Å². The molecule has 1 saturated heterocycles. The summed E-state index contributed by atoms with van der Waals surface area (Å²) in [6.45, 7) is 1.84. The zero-order chi connectivity index (χ0) is 21.3. The summed E-state index contributed by atoms with van der Waals surface area (Å²) >= 11 is 0. The number of amides is 1. The van der Waals surface area contributed by atoms with Crippen molar-refractivity contribution in [1.29, 1.82) is 0 Å². The first-order valence-electron chi connectivity index (χ1n) is 10.5. The molecule has 0 spiro atoms. The molecule has 1 fully saturated rings. The molecule has 7 heteroatoms. The van der Waals surface area contributed by atoms with Crippen LogP contribution in [0.4, 0.5) is 5.69 Å². The van der Waals surface area contributed by atoms with E-state index in [1.54, 1.807) is 18.2 Å². The highest BCUT2D eigenvalue weighted by Crippen LogP contribution is 2.32. The van der Waals surface area contributed by atoms with Gasteiger partial charge in [0.2, 0.25) is 0 Å². The van der Waals surface area contributed by atoms with Gasteiger partial charge in [-0.3, -0.25) is 9.10 Å². The average Bonchev–Trinajstić information content (AvgIpc) is 2.78. The van der Waals surface area contributed by atoms with Crippen LogP contribution in [-0.2, 0) is 16.4 Å². The minimum atomic E-state index is -3.73. The fourth-order valence-electron chi connectivity index (χ4n) is 4.43. The van der Waals surface area contributed by atoms with Gasteiger partial charge in [-0.15, -0.1) is 0 Å². The number of rotatable bonds is 4. The van der Waals surface area contributed by atoms with Crippen LogP contribution in [0.3, 0.4) is 0 Å². The van der Waals surface area contributed by atoms with Crippen molar-refractivity contribution in [3.8, 4) is 0 Å². The maximum Gasteiger partial charge on any atom is 0.264 e. The highest BCUT2D eigenvalue weighted by atomic mass is 32.2. The van der Waals surface area contributed by atoms with E-state index in [-0.39, 0.29) is 10.8 Å². The Kier molecular flexibility index (Phi) is 5.84. The van der Waals surface area contributed by atoms with Crippen LogP contribution in [0.5, 0.6) is 0 Å². The lowest BCUT2D eigenvalue weighted by Crippen LogP contribution is -2.44. The van der Waals surface area contributed by atoms with Gasteiger partial charge in [-0.05, 0) is 69.6 Å². The van der Waals surface area contributed by atoms with E-state index in [0.717, 1.165) is 36.9 Å². The van der Waals surface area contributed by atoms with E-state index in [0.29, 0.717) is 31.2 Å². The van der Waals surface area contributed by atoms with Crippen molar-refractivity contribution < 1.29 is 13.2 Å². The van der Waals surface area contributed by atoms with Gasteiger partial charge in [0.05, 0.1) is 10.6 Å². The molecule has 4 rings (SSSR count). The van der Waals surface area contributed by atoms with Crippen LogP contribution in [0.15, 0.2) is 53.4 Å². The van der Waals surface area contributed by atoms with E-state index < -0.39 is 10.0 Å². The summed E-state index contributed by atoms with van der Waals surface area (Å²) in [6, 6.07) is 14.6. The Hall–Kier alpha value is -2.38. The first-order chi connectivity index (χ1) is 14.4. The van der Waals surface area contributed by atoms with Gasteiger partial charge in [-0.1, -0.05) is 24.3 Å². The lowest BCUT2D eigenvalue weighted by molar-refractivity contribution is 0.0663. The third-order valence-corrected chi connectivity index (χ3v) is 8.03. The second-order valence-electron chi connectivity index (χ2n) is 8.32. The Bertz CT molecular complexity index is 1030. The summed E-state index contributed by atoms with van der Waals surface area (Å²) in [4.78, 5) is 17.2. The van der Waals surface area contributed by atoms with Crippen LogP contribution in [0.1, 0.15) is 35.2 Å². The van der Waals surface area contributed by atoms with Crippen LogP contribution in [0, 0.1) is 0 Å². The molecule has 0 N–H and O–H groups in total. The number of anilines is 1. The highest BCUT2D eigenvalue weighted by molar-refractivity contribution is 7.92. The highest BCUT2D eigenvalue weighted by Gasteiger charge is 2.30. The first kappa shape index (κ1) is 20.9. The molecule has 0 unspecified atom stereocenters. The summed E-state index contributed by atoms with van der Waals surface area (Å²) in [5.41, 5.74) is 2.22. The average molecular weight is 428 g/mol. The van der Waals surface area contributed by atoms with Crippen LogP contribution in [0.25, 0.3) is 0 Å². The molecule has 2 aromatic carbocycles. The molecular weight excluding hydrogens is 398 g/mol. The molecule has 160 valence electrons. The third kappa shape index (κ3) is 3.96. The molecule has 6 nitrogen and oxygen atoms in total. The van der Waals surface area contributed by atoms with E-state index in [1.807, 2.05) is 29.2 Å². The summed E-state index contributed by atoms with van der Waals surface area (Å²) in [6.07, 6.45) is 3.53. The monoisotopic (exact) mass is 427 g/mol. The largest absolute Gasteiger partial charge is 0.339 e. The van der Waals surface area contributed by atoms with Crippen LogP contribution < -0.4 is 4.31 Å². The molecule has 2 aromatic rings. The molecule has 0 aromatic heterocycles. The number of nitrogens with zero attached hydrogens (tertiary/aromatic N) is 3. The third-order valence-electron chi connectivity index (χ3n) is 6.22. The van der Waals surface area contributed by atoms with Gasteiger partial charge in [0.25, 0.3) is 15.9 Å². The Morgan fingerprint density at radius 3 is 2.47 bits per heavy atom. The second-order valence-corrected chi connectivity index (χ2v) is 10.2. The molecule has 2 aliphatic rings. The zero-order valence-corrected chi connectivity index (χ0v) is 18.4. The number of hydrogen-bond donors (Lipinski definition) is 0. The number of carbonyl (C=O) groups excluding carboxylic acids is 1. The number of sulfonamides is 1. The molecule has 1 amide bonds. The molecule has 0 radical (unpaired) electrons. The Morgan fingerprint density at radius 2 is 1.73 bits per heavy atom. The Morgan fingerprint density at radius 1 is 1.00 bits per heavy atom. The molecule has 0 aliphatic carbocycles. The summed E-state index contributed by atoms with van der Waals surface area (Å²) < 4.78 is 28.3. The number of piperidine rings is 1. The summed E-state index contributed by atoms with van der Waals surface area (Å²) in [5.74, 6) is -0.0942. The summed E-state index contributed by atoms with van der Waals surface area (Å²) in [5, 5.41) is 0. The van der Waals surface area contributed by atoms with Gasteiger partial charge < -0.3 is 9.80 Å². The number of benzene rings is 2. The number of aryl methyl sites for hydroxylation is 1. The van der Waals surface area contributed by atoms with E-state index >= 15 is 0 Å². The SMILES string of the molecule is CN(C)C1CCN(C(=O)c2cccc(S(=O)(=O)N3CCCc4ccccc43)c2)CC1. The molecular formula is C23H29N3O3S. The fourth-order valence-corrected chi connectivity index (χ4v) is 6.02. The molecule has 0 atom stereocenters. The van der Waals surface area contributed by atoms with Gasteiger partial charge in [-0.2, -0.15) is 0 Å². The smallest absolute Gasteiger partial charge is 0.264 e. The predicted octanol–water partition coefficient (Wildman–Crippen LogP) is 2.99. The van der Waals surface area contributed by atoms with Crippen LogP contribution >= 0.6 is 0 Å². The normalized spacial score (nSPS) is 17.8. The molecule has 2 heterocycles. The maximum absolute atomic E-state index is 13.4. The topological polar surface area (TPSA) is 60.9 Å². The molecule has 0 saturated carbocycles. The molecule has 0 bridgehead atoms. The van der Waals surface area contributed by atoms with E-state index in [2.05, 4.69) is 19.0 Å². The number of carbonyl (C=O) groups is 1. The predicted molar refractivity (Wildman–Crippen MR) is 118 cm³/mol. The van der Waals surface area contributed by atoms with Crippen molar-refractivity contribution in [2.24, 2.45) is 0 Å². The second kappa shape index (κ2) is 8.40. The van der Waals surface area contributed by atoms with Gasteiger partial charge in [0.1, 0.15) is 0 Å². The van der Waals surface area contributed by atoms with Crippen LogP contribution in [-0.4, -0.2) is 63.9 Å². The van der Waals surface area contributed by atoms with Gasteiger partial charge >= 0.3 is 0 Å². The number of likely N-dealkylation sites (tertiary alicyclic amines) is 1. The van der Waals surface area contributed by atoms with E-state index in [9.17, 15) is 13.2 Å². The van der Waals surface area contributed by atoms with E-state index in [1.165, 1.54) is 10.4 Å². The number of para-hydroxylation sites is 1. The minimum Gasteiger partial charge on any atom is -0.339 e. The standard InChI is InChI=1S/C23H29N3O3S/c1-24(2)20-12-15-25(16-13-20)23(27)19-8-5-10-21(17-19)30(28,29)26-14-6-9-18-7-3-4-11-22(18)26/h3-5,7-8,10-11,17,20H,6,9,12-16H2,1-2H3. The first-order valence-corrected chi connectivity index (χ1v) is 12.0. The van der Waals surface area contributed by atoms with Gasteiger partial charge in [0.15, 0.2) is 0 Å². The molecule has 30 heavy (non-hydrogen) atoms. The lowest BCUT2D eigenvalue weighted by Gasteiger charge is -2.35. The van der Waals surface area contributed by atoms with Crippen LogP contribution in [0.2, 0.25) is 0 Å². The number of hydrogen-bond acceptors (Lipinski definition) is 4. The molecule has 2 aliphatic heterocycles. The quantitative estimate of drug-likeness (QED) is 0.753. The number of fused-ring (bicyclic) bond motifs is 1. The zero-order valence-electron chi connectivity index (χ0n) is 17.6. The van der Waals surface area contributed by atoms with Crippen molar-refractivity contribution in [2.75, 3.05) is 38.0 Å². The van der Waals surface area contributed by atoms with Gasteiger partial charge in [-0.25, -0.2) is 8.42 Å². The summed E-state index contributed by atoms with van der Waals surface area (Å²) in [7, 11) is 0.403. The lowest BCUT2D eigenvalue weighted by atomic mass is 10.0. The van der Waals surface area contributed by atoms with Crippen molar-refractivity contribution >= 4 is 21.6 Å².